The molecule has 1 amide bonds. The van der Waals surface area contributed by atoms with Crippen molar-refractivity contribution >= 4 is 33.5 Å². The zero-order valence-electron chi connectivity index (χ0n) is 17.7. The standard InChI is InChI=1S/C19H25F3N4O5S/c1-9(27)8-26(18(29)30)10-4-13(14(28)5-10)25(2)15-12-6-11(7-19(20,21)22)32-16(12)24-17(23-15)31-3/h6,9-10,13-14,27-28H,4-5,7-8H2,1-3H3,(H,29,30)/t9?,10-,13+,14-/m1/s1. The van der Waals surface area contributed by atoms with E-state index >= 15 is 0 Å². The Labute approximate surface area is 186 Å². The van der Waals surface area contributed by atoms with Gasteiger partial charge in [-0.25, -0.2) is 4.79 Å². The number of carbonyl (C=O) groups is 1. The predicted molar refractivity (Wildman–Crippen MR) is 111 cm³/mol. The summed E-state index contributed by atoms with van der Waals surface area (Å²) in [4.78, 5) is 23.2. The number of thiophene rings is 1. The molecule has 1 unspecified atom stereocenters. The van der Waals surface area contributed by atoms with Crippen molar-refractivity contribution in [2.24, 2.45) is 0 Å². The summed E-state index contributed by atoms with van der Waals surface area (Å²) in [6.07, 6.45) is -8.04. The molecular formula is C19H25F3N4O5S. The normalized spacial score (nSPS) is 22.2. The second-order valence-corrected chi connectivity index (χ2v) is 9.03. The van der Waals surface area contributed by atoms with Gasteiger partial charge in [0.1, 0.15) is 10.6 Å². The van der Waals surface area contributed by atoms with Crippen LogP contribution < -0.4 is 9.64 Å². The first kappa shape index (κ1) is 24.3. The molecule has 4 atom stereocenters. The monoisotopic (exact) mass is 478 g/mol. The number of alkyl halides is 3. The van der Waals surface area contributed by atoms with Crippen LogP contribution in [0.15, 0.2) is 6.07 Å². The van der Waals surface area contributed by atoms with Gasteiger partial charge in [-0.3, -0.25) is 0 Å². The molecule has 0 saturated heterocycles. The van der Waals surface area contributed by atoms with Crippen molar-refractivity contribution in [3.8, 4) is 6.01 Å². The van der Waals surface area contributed by atoms with Gasteiger partial charge in [-0.1, -0.05) is 0 Å². The van der Waals surface area contributed by atoms with E-state index in [9.17, 15) is 33.3 Å². The van der Waals surface area contributed by atoms with Gasteiger partial charge in [-0.2, -0.15) is 23.1 Å². The highest BCUT2D eigenvalue weighted by Gasteiger charge is 2.41. The van der Waals surface area contributed by atoms with Gasteiger partial charge in [0.2, 0.25) is 0 Å². The second-order valence-electron chi connectivity index (χ2n) is 7.91. The molecule has 1 saturated carbocycles. The summed E-state index contributed by atoms with van der Waals surface area (Å²) < 4.78 is 43.7. The lowest BCUT2D eigenvalue weighted by atomic mass is 10.1. The molecule has 0 aliphatic heterocycles. The number of anilines is 1. The van der Waals surface area contributed by atoms with Crippen LogP contribution in [-0.4, -0.2) is 87.5 Å². The lowest BCUT2D eigenvalue weighted by Gasteiger charge is -2.30. The third-order valence-electron chi connectivity index (χ3n) is 5.41. The predicted octanol–water partition coefficient (Wildman–Crippen LogP) is 2.49. The Morgan fingerprint density at radius 2 is 2.06 bits per heavy atom. The van der Waals surface area contributed by atoms with E-state index in [1.807, 2.05) is 0 Å². The molecule has 32 heavy (non-hydrogen) atoms. The summed E-state index contributed by atoms with van der Waals surface area (Å²) in [7, 11) is 2.98. The summed E-state index contributed by atoms with van der Waals surface area (Å²) in [6, 6.07) is 0.274. The molecule has 1 fully saturated rings. The Balaban J connectivity index is 1.93. The highest BCUT2D eigenvalue weighted by Crippen LogP contribution is 2.38. The molecule has 2 heterocycles. The minimum atomic E-state index is -4.37. The third-order valence-corrected chi connectivity index (χ3v) is 6.44. The maximum absolute atomic E-state index is 12.9. The number of hydrogen-bond donors (Lipinski definition) is 3. The smallest absolute Gasteiger partial charge is 0.407 e. The molecule has 0 aromatic carbocycles. The topological polar surface area (TPSA) is 119 Å². The Bertz CT molecular complexity index is 970. The molecule has 0 spiro atoms. The van der Waals surface area contributed by atoms with Crippen LogP contribution in [0.3, 0.4) is 0 Å². The van der Waals surface area contributed by atoms with Crippen molar-refractivity contribution in [2.45, 2.75) is 56.7 Å². The summed E-state index contributed by atoms with van der Waals surface area (Å²) in [5.74, 6) is 0.290. The minimum Gasteiger partial charge on any atom is -0.467 e. The molecule has 178 valence electrons. The average molecular weight is 478 g/mol. The number of amides is 1. The largest absolute Gasteiger partial charge is 0.467 e. The summed E-state index contributed by atoms with van der Waals surface area (Å²) >= 11 is 0.891. The van der Waals surface area contributed by atoms with Crippen LogP contribution in [-0.2, 0) is 6.42 Å². The van der Waals surface area contributed by atoms with Gasteiger partial charge in [-0.05, 0) is 25.8 Å². The molecule has 13 heteroatoms. The van der Waals surface area contributed by atoms with Crippen LogP contribution >= 0.6 is 11.3 Å². The van der Waals surface area contributed by atoms with Crippen molar-refractivity contribution in [3.63, 3.8) is 0 Å². The molecular weight excluding hydrogens is 453 g/mol. The quantitative estimate of drug-likeness (QED) is 0.556. The fourth-order valence-corrected chi connectivity index (χ4v) is 5.09. The average Bonchev–Trinajstić information content (AvgIpc) is 3.25. The first-order valence-corrected chi connectivity index (χ1v) is 10.7. The first-order chi connectivity index (χ1) is 14.9. The number of aromatic nitrogens is 2. The van der Waals surface area contributed by atoms with Gasteiger partial charge in [0.15, 0.2) is 0 Å². The number of rotatable bonds is 7. The zero-order chi connectivity index (χ0) is 23.8. The van der Waals surface area contributed by atoms with Gasteiger partial charge in [0.05, 0.1) is 37.2 Å². The van der Waals surface area contributed by atoms with Crippen LogP contribution in [0.5, 0.6) is 6.01 Å². The lowest BCUT2D eigenvalue weighted by Crippen LogP contribution is -2.43. The van der Waals surface area contributed by atoms with Crippen LogP contribution in [0.4, 0.5) is 23.8 Å². The molecule has 1 aliphatic carbocycles. The fourth-order valence-electron chi connectivity index (χ4n) is 4.05. The van der Waals surface area contributed by atoms with Crippen LogP contribution in [0.1, 0.15) is 24.6 Å². The summed E-state index contributed by atoms with van der Waals surface area (Å²) in [5, 5.41) is 30.2. The van der Waals surface area contributed by atoms with Crippen molar-refractivity contribution in [2.75, 3.05) is 25.6 Å². The van der Waals surface area contributed by atoms with E-state index in [0.717, 1.165) is 16.2 Å². The number of ether oxygens (including phenoxy) is 1. The Morgan fingerprint density at radius 3 is 2.62 bits per heavy atom. The molecule has 0 bridgehead atoms. The Kier molecular flexibility index (Phi) is 7.00. The SMILES string of the molecule is COc1nc(N(C)[C@H]2C[C@@H](N(CC(C)O)C(=O)O)C[C@H]2O)c2cc(CC(F)(F)F)sc2n1. The highest BCUT2D eigenvalue weighted by molar-refractivity contribution is 7.18. The second kappa shape index (κ2) is 9.24. The van der Waals surface area contributed by atoms with Crippen molar-refractivity contribution in [3.05, 3.63) is 10.9 Å². The number of nitrogens with zero attached hydrogens (tertiary/aromatic N) is 4. The maximum atomic E-state index is 12.9. The molecule has 1 aliphatic rings. The molecule has 0 radical (unpaired) electrons. The highest BCUT2D eigenvalue weighted by atomic mass is 32.1. The van der Waals surface area contributed by atoms with Crippen molar-refractivity contribution < 1.29 is 38.0 Å². The third kappa shape index (κ3) is 5.33. The molecule has 2 aromatic rings. The molecule has 2 aromatic heterocycles. The van der Waals surface area contributed by atoms with Crippen LogP contribution in [0.25, 0.3) is 10.2 Å². The number of aliphatic hydroxyl groups excluding tert-OH is 2. The van der Waals surface area contributed by atoms with Crippen LogP contribution in [0.2, 0.25) is 0 Å². The van der Waals surface area contributed by atoms with Gasteiger partial charge in [-0.15, -0.1) is 11.3 Å². The van der Waals surface area contributed by atoms with Gasteiger partial charge < -0.3 is 29.9 Å². The maximum Gasteiger partial charge on any atom is 0.407 e. The van der Waals surface area contributed by atoms with E-state index in [0.29, 0.717) is 16.0 Å². The van der Waals surface area contributed by atoms with E-state index in [4.69, 9.17) is 4.74 Å². The van der Waals surface area contributed by atoms with Crippen LogP contribution in [0, 0.1) is 0 Å². The number of likely N-dealkylation sites (N-methyl/N-ethyl adjacent to an activating group) is 1. The van der Waals surface area contributed by atoms with E-state index in [2.05, 4.69) is 9.97 Å². The number of carboxylic acid groups (broad SMARTS) is 1. The van der Waals surface area contributed by atoms with Crippen molar-refractivity contribution in [1.29, 1.82) is 0 Å². The molecule has 9 nitrogen and oxygen atoms in total. The number of aliphatic hydroxyl groups is 2. The Morgan fingerprint density at radius 1 is 1.38 bits per heavy atom. The first-order valence-electron chi connectivity index (χ1n) is 9.89. The van der Waals surface area contributed by atoms with E-state index in [1.54, 1.807) is 11.9 Å². The summed E-state index contributed by atoms with van der Waals surface area (Å²) in [5.41, 5.74) is 0. The Hall–Kier alpha value is -2.38. The van der Waals surface area contributed by atoms with Crippen molar-refractivity contribution in [1.82, 2.24) is 14.9 Å². The van der Waals surface area contributed by atoms with Gasteiger partial charge in [0.25, 0.3) is 0 Å². The van der Waals surface area contributed by atoms with E-state index in [1.165, 1.54) is 20.1 Å². The van der Waals surface area contributed by atoms with Gasteiger partial charge >= 0.3 is 18.3 Å². The number of methoxy groups -OCH3 is 1. The fraction of sp³-hybridized carbons (Fsp3) is 0.632. The van der Waals surface area contributed by atoms with E-state index < -0.39 is 43.0 Å². The van der Waals surface area contributed by atoms with E-state index in [-0.39, 0.29) is 30.3 Å². The molecule has 3 N–H and O–H groups in total. The minimum absolute atomic E-state index is 0.0231. The summed E-state index contributed by atoms with van der Waals surface area (Å²) in [6.45, 7) is 1.38. The lowest BCUT2D eigenvalue weighted by molar-refractivity contribution is -0.126. The molecule has 3 rings (SSSR count). The zero-order valence-corrected chi connectivity index (χ0v) is 18.5. The number of fused-ring (bicyclic) bond motifs is 1. The van der Waals surface area contributed by atoms with Gasteiger partial charge in [0, 0.05) is 24.5 Å². The number of hydrogen-bond acceptors (Lipinski definition) is 8. The number of halogens is 3.